The first-order valence-electron chi connectivity index (χ1n) is 9.30. The zero-order chi connectivity index (χ0) is 20.3. The first kappa shape index (κ1) is 20.4. The Morgan fingerprint density at radius 1 is 0.964 bits per heavy atom. The van der Waals surface area contributed by atoms with Gasteiger partial charge in [0, 0.05) is 13.1 Å². The van der Waals surface area contributed by atoms with Gasteiger partial charge >= 0.3 is 0 Å². The van der Waals surface area contributed by atoms with Crippen molar-refractivity contribution in [1.82, 2.24) is 4.90 Å². The van der Waals surface area contributed by atoms with Gasteiger partial charge < -0.3 is 9.64 Å². The number of nitrogens with zero attached hydrogens (tertiary/aromatic N) is 2. The maximum atomic E-state index is 13.4. The van der Waals surface area contributed by atoms with Gasteiger partial charge in [0.15, 0.2) is 0 Å². The van der Waals surface area contributed by atoms with E-state index in [0.29, 0.717) is 32.0 Å². The molecule has 1 fully saturated rings. The van der Waals surface area contributed by atoms with Gasteiger partial charge in [-0.3, -0.25) is 9.10 Å². The van der Waals surface area contributed by atoms with Crippen molar-refractivity contribution < 1.29 is 17.9 Å². The average Bonchev–Trinajstić information content (AvgIpc) is 2.66. The summed E-state index contributed by atoms with van der Waals surface area (Å²) in [6.07, 6.45) is 0. The first-order chi connectivity index (χ1) is 13.3. The molecule has 2 aromatic rings. The molecule has 1 heterocycles. The third-order valence-electron chi connectivity index (χ3n) is 4.75. The Labute approximate surface area is 166 Å². The van der Waals surface area contributed by atoms with Crippen molar-refractivity contribution in [2.24, 2.45) is 0 Å². The molecule has 0 aromatic heterocycles. The van der Waals surface area contributed by atoms with Crippen LogP contribution in [0.25, 0.3) is 0 Å². The van der Waals surface area contributed by atoms with E-state index < -0.39 is 10.0 Å². The molecule has 6 nitrogen and oxygen atoms in total. The summed E-state index contributed by atoms with van der Waals surface area (Å²) in [4.78, 5) is 14.7. The molecule has 1 aliphatic rings. The Morgan fingerprint density at radius 3 is 2.11 bits per heavy atom. The van der Waals surface area contributed by atoms with Crippen molar-refractivity contribution in [2.45, 2.75) is 25.7 Å². The molecule has 3 rings (SSSR count). The third-order valence-corrected chi connectivity index (χ3v) is 6.53. The minimum Gasteiger partial charge on any atom is -0.378 e. The highest BCUT2D eigenvalue weighted by molar-refractivity contribution is 7.92. The number of ether oxygens (including phenoxy) is 1. The van der Waals surface area contributed by atoms with Gasteiger partial charge in [-0.05, 0) is 56.2 Å². The Hall–Kier alpha value is -2.38. The molecule has 150 valence electrons. The third kappa shape index (κ3) is 4.54. The van der Waals surface area contributed by atoms with E-state index in [2.05, 4.69) is 0 Å². The highest BCUT2D eigenvalue weighted by atomic mass is 32.2. The molecule has 1 saturated heterocycles. The maximum absolute atomic E-state index is 13.4. The van der Waals surface area contributed by atoms with Crippen LogP contribution < -0.4 is 4.31 Å². The van der Waals surface area contributed by atoms with Crippen LogP contribution in [0.3, 0.4) is 0 Å². The summed E-state index contributed by atoms with van der Waals surface area (Å²) in [5.74, 6) is -0.224. The molecule has 0 atom stereocenters. The number of hydrogen-bond acceptors (Lipinski definition) is 4. The molecule has 0 saturated carbocycles. The van der Waals surface area contributed by atoms with Crippen LogP contribution in [-0.4, -0.2) is 52.1 Å². The van der Waals surface area contributed by atoms with Gasteiger partial charge in [-0.15, -0.1) is 0 Å². The Kier molecular flexibility index (Phi) is 6.05. The summed E-state index contributed by atoms with van der Waals surface area (Å²) in [6.45, 7) is 7.39. The highest BCUT2D eigenvalue weighted by Gasteiger charge is 2.29. The van der Waals surface area contributed by atoms with E-state index in [1.54, 1.807) is 41.3 Å². The van der Waals surface area contributed by atoms with Gasteiger partial charge in [-0.2, -0.15) is 0 Å². The van der Waals surface area contributed by atoms with Crippen molar-refractivity contribution in [3.63, 3.8) is 0 Å². The van der Waals surface area contributed by atoms with Crippen molar-refractivity contribution in [1.29, 1.82) is 0 Å². The second-order valence-corrected chi connectivity index (χ2v) is 9.03. The number of hydrogen-bond donors (Lipinski definition) is 0. The molecule has 1 amide bonds. The summed E-state index contributed by atoms with van der Waals surface area (Å²) in [7, 11) is -3.88. The lowest BCUT2D eigenvalue weighted by atomic mass is 10.1. The fourth-order valence-electron chi connectivity index (χ4n) is 3.28. The van der Waals surface area contributed by atoms with E-state index in [-0.39, 0.29) is 17.3 Å². The summed E-state index contributed by atoms with van der Waals surface area (Å²) < 4.78 is 33.3. The summed E-state index contributed by atoms with van der Waals surface area (Å²) in [5, 5.41) is 0. The minimum absolute atomic E-state index is 0.173. The summed E-state index contributed by atoms with van der Waals surface area (Å²) >= 11 is 0. The van der Waals surface area contributed by atoms with Gasteiger partial charge in [0.2, 0.25) is 5.91 Å². The Balaban J connectivity index is 2.00. The van der Waals surface area contributed by atoms with Crippen LogP contribution in [0.5, 0.6) is 0 Å². The summed E-state index contributed by atoms with van der Waals surface area (Å²) in [5.41, 5.74) is 3.36. The van der Waals surface area contributed by atoms with Crippen LogP contribution in [0.2, 0.25) is 0 Å². The lowest BCUT2D eigenvalue weighted by molar-refractivity contribution is -0.133. The van der Waals surface area contributed by atoms with E-state index >= 15 is 0 Å². The molecule has 7 heteroatoms. The number of carbonyl (C=O) groups is 1. The largest absolute Gasteiger partial charge is 0.378 e. The predicted molar refractivity (Wildman–Crippen MR) is 109 cm³/mol. The lowest BCUT2D eigenvalue weighted by Gasteiger charge is -2.31. The van der Waals surface area contributed by atoms with Gasteiger partial charge in [0.05, 0.1) is 23.8 Å². The molecular formula is C21H26N2O4S. The Bertz CT molecular complexity index is 929. The zero-order valence-electron chi connectivity index (χ0n) is 16.5. The van der Waals surface area contributed by atoms with Crippen molar-refractivity contribution in [3.8, 4) is 0 Å². The van der Waals surface area contributed by atoms with E-state index in [0.717, 1.165) is 16.7 Å². The molecule has 0 bridgehead atoms. The molecule has 0 unspecified atom stereocenters. The fourth-order valence-corrected chi connectivity index (χ4v) is 4.68. The molecular weight excluding hydrogens is 376 g/mol. The molecule has 2 aromatic carbocycles. The van der Waals surface area contributed by atoms with Crippen LogP contribution in [0.1, 0.15) is 16.7 Å². The zero-order valence-corrected chi connectivity index (χ0v) is 17.3. The molecule has 0 radical (unpaired) electrons. The predicted octanol–water partition coefficient (Wildman–Crippen LogP) is 2.67. The normalized spacial score (nSPS) is 14.8. The van der Waals surface area contributed by atoms with Crippen LogP contribution in [0, 0.1) is 20.8 Å². The number of amides is 1. The van der Waals surface area contributed by atoms with Gasteiger partial charge in [-0.25, -0.2) is 8.42 Å². The van der Waals surface area contributed by atoms with E-state index in [1.165, 1.54) is 4.31 Å². The smallest absolute Gasteiger partial charge is 0.264 e. The number of sulfonamides is 1. The quantitative estimate of drug-likeness (QED) is 0.771. The Morgan fingerprint density at radius 2 is 1.54 bits per heavy atom. The first-order valence-corrected chi connectivity index (χ1v) is 10.7. The van der Waals surface area contributed by atoms with Crippen LogP contribution in [0.15, 0.2) is 47.4 Å². The van der Waals surface area contributed by atoms with E-state index in [1.807, 2.05) is 26.8 Å². The number of morpholine rings is 1. The number of anilines is 1. The number of aryl methyl sites for hydroxylation is 3. The second-order valence-electron chi connectivity index (χ2n) is 7.16. The van der Waals surface area contributed by atoms with Crippen LogP contribution >= 0.6 is 0 Å². The van der Waals surface area contributed by atoms with E-state index in [4.69, 9.17) is 4.74 Å². The number of benzene rings is 2. The van der Waals surface area contributed by atoms with Gasteiger partial charge in [0.1, 0.15) is 6.54 Å². The second kappa shape index (κ2) is 8.32. The van der Waals surface area contributed by atoms with Crippen LogP contribution in [0.4, 0.5) is 5.69 Å². The fraction of sp³-hybridized carbons (Fsp3) is 0.381. The van der Waals surface area contributed by atoms with Crippen molar-refractivity contribution >= 4 is 21.6 Å². The van der Waals surface area contributed by atoms with Crippen molar-refractivity contribution in [2.75, 3.05) is 37.2 Å². The minimum atomic E-state index is -3.88. The topological polar surface area (TPSA) is 66.9 Å². The molecule has 1 aliphatic heterocycles. The van der Waals surface area contributed by atoms with Gasteiger partial charge in [0.25, 0.3) is 10.0 Å². The maximum Gasteiger partial charge on any atom is 0.264 e. The van der Waals surface area contributed by atoms with Gasteiger partial charge in [-0.1, -0.05) is 23.8 Å². The van der Waals surface area contributed by atoms with E-state index in [9.17, 15) is 13.2 Å². The number of rotatable bonds is 5. The molecule has 0 spiro atoms. The summed E-state index contributed by atoms with van der Waals surface area (Å²) in [6, 6.07) is 12.3. The SMILES string of the molecule is Cc1ccc(S(=O)(=O)N(CC(=O)N2CCOCC2)c2cc(C)cc(C)c2)cc1. The highest BCUT2D eigenvalue weighted by Crippen LogP contribution is 2.26. The lowest BCUT2D eigenvalue weighted by Crippen LogP contribution is -2.47. The van der Waals surface area contributed by atoms with Crippen LogP contribution in [-0.2, 0) is 19.6 Å². The molecule has 28 heavy (non-hydrogen) atoms. The standard InChI is InChI=1S/C21H26N2O4S/c1-16-4-6-20(7-5-16)28(25,26)23(19-13-17(2)12-18(3)14-19)15-21(24)22-8-10-27-11-9-22/h4-7,12-14H,8-11,15H2,1-3H3. The average molecular weight is 403 g/mol. The number of carbonyl (C=O) groups excluding carboxylic acids is 1. The molecule has 0 aliphatic carbocycles. The van der Waals surface area contributed by atoms with Crippen molar-refractivity contribution in [3.05, 3.63) is 59.2 Å². The monoisotopic (exact) mass is 402 g/mol. The molecule has 0 N–H and O–H groups in total.